The van der Waals surface area contributed by atoms with Crippen LogP contribution in [0.15, 0.2) is 96.2 Å². The maximum atomic E-state index is 12.5. The van der Waals surface area contributed by atoms with E-state index in [1.807, 2.05) is 36.4 Å². The van der Waals surface area contributed by atoms with Gasteiger partial charge in [-0.15, -0.1) is 0 Å². The summed E-state index contributed by atoms with van der Waals surface area (Å²) < 4.78 is 5.70. The van der Waals surface area contributed by atoms with Crippen LogP contribution in [-0.4, -0.2) is 34.2 Å². The Morgan fingerprint density at radius 1 is 0.968 bits per heavy atom. The first-order valence-electron chi connectivity index (χ1n) is 9.63. The van der Waals surface area contributed by atoms with E-state index in [1.165, 1.54) is 6.34 Å². The molecule has 0 saturated carbocycles. The average Bonchev–Trinajstić information content (AvgIpc) is 2.82. The van der Waals surface area contributed by atoms with E-state index in [4.69, 9.17) is 4.74 Å². The van der Waals surface area contributed by atoms with Crippen molar-refractivity contribution in [2.45, 2.75) is 0 Å². The number of nitrogens with one attached hydrogen (secondary N) is 1. The lowest BCUT2D eigenvalue weighted by Crippen LogP contribution is -2.35. The molecule has 0 radical (unpaired) electrons. The van der Waals surface area contributed by atoms with Crippen molar-refractivity contribution in [1.82, 2.24) is 15.4 Å². The first kappa shape index (κ1) is 20.1. The maximum absolute atomic E-state index is 12.5. The molecule has 0 atom stereocenters. The van der Waals surface area contributed by atoms with Crippen molar-refractivity contribution in [2.24, 2.45) is 4.99 Å². The van der Waals surface area contributed by atoms with Gasteiger partial charge in [-0.3, -0.25) is 15.0 Å². The molecule has 1 aromatic heterocycles. The molecule has 4 rings (SSSR count). The highest BCUT2D eigenvalue weighted by Crippen LogP contribution is 2.23. The molecule has 0 spiro atoms. The normalized spacial score (nSPS) is 10.9. The van der Waals surface area contributed by atoms with Crippen molar-refractivity contribution in [3.05, 3.63) is 96.8 Å². The second-order valence-electron chi connectivity index (χ2n) is 6.65. The number of aromatic nitrogens is 1. The Morgan fingerprint density at radius 2 is 1.68 bits per heavy atom. The second kappa shape index (κ2) is 9.51. The molecule has 1 amide bonds. The molecule has 0 bridgehead atoms. The molecule has 0 fully saturated rings. The summed E-state index contributed by atoms with van der Waals surface area (Å²) in [6, 6.07) is 23.8. The Hall–Kier alpha value is -4.23. The monoisotopic (exact) mass is 412 g/mol. The van der Waals surface area contributed by atoms with Gasteiger partial charge in [-0.2, -0.15) is 0 Å². The number of benzene rings is 3. The largest absolute Gasteiger partial charge is 0.457 e. The number of amides is 1. The van der Waals surface area contributed by atoms with Crippen LogP contribution in [-0.2, 0) is 0 Å². The van der Waals surface area contributed by atoms with Crippen LogP contribution in [0.3, 0.4) is 0 Å². The Bertz CT molecular complexity index is 1190. The van der Waals surface area contributed by atoms with E-state index in [9.17, 15) is 10.0 Å². The summed E-state index contributed by atoms with van der Waals surface area (Å²) in [5.41, 5.74) is 1.18. The Kier molecular flexibility index (Phi) is 6.16. The van der Waals surface area contributed by atoms with Crippen molar-refractivity contribution in [2.75, 3.05) is 6.67 Å². The van der Waals surface area contributed by atoms with E-state index in [0.29, 0.717) is 22.7 Å². The summed E-state index contributed by atoms with van der Waals surface area (Å²) in [6.07, 6.45) is 4.55. The van der Waals surface area contributed by atoms with Crippen LogP contribution in [0.25, 0.3) is 10.8 Å². The summed E-state index contributed by atoms with van der Waals surface area (Å²) in [5, 5.41) is 15.3. The Labute approximate surface area is 179 Å². The number of hydrogen-bond donors (Lipinski definition) is 2. The predicted molar refractivity (Wildman–Crippen MR) is 119 cm³/mol. The van der Waals surface area contributed by atoms with Gasteiger partial charge >= 0.3 is 0 Å². The number of fused-ring (bicyclic) bond motifs is 1. The average molecular weight is 412 g/mol. The molecule has 0 aliphatic heterocycles. The number of rotatable bonds is 7. The Balaban J connectivity index is 1.32. The van der Waals surface area contributed by atoms with Crippen LogP contribution in [0.4, 0.5) is 5.69 Å². The lowest BCUT2D eigenvalue weighted by atomic mass is 10.0. The van der Waals surface area contributed by atoms with E-state index in [2.05, 4.69) is 15.3 Å². The number of carbonyl (C=O) groups excluding carboxylic acids is 1. The van der Waals surface area contributed by atoms with Gasteiger partial charge in [0.05, 0.1) is 5.69 Å². The van der Waals surface area contributed by atoms with Gasteiger partial charge in [0.2, 0.25) is 0 Å². The molecular formula is C24H20N4O3. The minimum atomic E-state index is -0.276. The molecule has 3 aromatic carbocycles. The van der Waals surface area contributed by atoms with Crippen LogP contribution in [0.1, 0.15) is 10.4 Å². The van der Waals surface area contributed by atoms with Gasteiger partial charge in [-0.05, 0) is 53.2 Å². The van der Waals surface area contributed by atoms with E-state index in [0.717, 1.165) is 15.8 Å². The standard InChI is InChI=1S/C24H20N4O3/c29-24(23-7-3-5-18-4-1-2-6-22(18)23)27-17-28(30)16-26-19-8-10-20(11-9-19)31-21-12-14-25-15-13-21/h1-16,30H,17H2,(H,27,29). The minimum absolute atomic E-state index is 0.102. The fourth-order valence-corrected chi connectivity index (χ4v) is 2.99. The van der Waals surface area contributed by atoms with Crippen LogP contribution in [0.5, 0.6) is 11.5 Å². The molecule has 7 heteroatoms. The third-order valence-corrected chi connectivity index (χ3v) is 4.50. The number of hydrogen-bond acceptors (Lipinski definition) is 5. The molecule has 1 heterocycles. The van der Waals surface area contributed by atoms with E-state index in [1.54, 1.807) is 54.9 Å². The number of aliphatic imine (C=N–C) groups is 1. The minimum Gasteiger partial charge on any atom is -0.457 e. The van der Waals surface area contributed by atoms with Gasteiger partial charge in [0, 0.05) is 18.0 Å². The Morgan fingerprint density at radius 3 is 2.48 bits per heavy atom. The maximum Gasteiger partial charge on any atom is 0.253 e. The van der Waals surface area contributed by atoms with Crippen molar-refractivity contribution in [3.8, 4) is 11.5 Å². The van der Waals surface area contributed by atoms with Crippen molar-refractivity contribution >= 4 is 28.7 Å². The van der Waals surface area contributed by atoms with Gasteiger partial charge in [-0.1, -0.05) is 36.4 Å². The first-order chi connectivity index (χ1) is 15.2. The third-order valence-electron chi connectivity index (χ3n) is 4.50. The fraction of sp³-hybridized carbons (Fsp3) is 0.0417. The molecule has 0 aliphatic carbocycles. The highest BCUT2D eigenvalue weighted by molar-refractivity contribution is 6.07. The summed E-state index contributed by atoms with van der Waals surface area (Å²) in [4.78, 5) is 20.6. The van der Waals surface area contributed by atoms with Crippen molar-refractivity contribution in [3.63, 3.8) is 0 Å². The molecule has 4 aromatic rings. The number of ether oxygens (including phenoxy) is 1. The highest BCUT2D eigenvalue weighted by atomic mass is 16.5. The molecular weight excluding hydrogens is 392 g/mol. The number of pyridine rings is 1. The predicted octanol–water partition coefficient (Wildman–Crippen LogP) is 4.77. The van der Waals surface area contributed by atoms with Crippen molar-refractivity contribution in [1.29, 1.82) is 0 Å². The third kappa shape index (κ3) is 5.23. The number of hydroxylamine groups is 2. The van der Waals surface area contributed by atoms with Crippen LogP contribution < -0.4 is 10.1 Å². The van der Waals surface area contributed by atoms with E-state index in [-0.39, 0.29) is 12.6 Å². The zero-order chi connectivity index (χ0) is 21.5. The van der Waals surface area contributed by atoms with E-state index >= 15 is 0 Å². The quantitative estimate of drug-likeness (QED) is 0.198. The number of nitrogens with zero attached hydrogens (tertiary/aromatic N) is 3. The molecule has 154 valence electrons. The van der Waals surface area contributed by atoms with Gasteiger partial charge in [0.15, 0.2) is 0 Å². The van der Waals surface area contributed by atoms with Gasteiger partial charge in [-0.25, -0.2) is 10.1 Å². The topological polar surface area (TPSA) is 87.1 Å². The molecule has 0 saturated heterocycles. The zero-order valence-corrected chi connectivity index (χ0v) is 16.6. The zero-order valence-electron chi connectivity index (χ0n) is 16.6. The lowest BCUT2D eigenvalue weighted by molar-refractivity contribution is -0.0141. The van der Waals surface area contributed by atoms with Crippen LogP contribution in [0.2, 0.25) is 0 Å². The molecule has 0 aliphatic rings. The summed E-state index contributed by atoms with van der Waals surface area (Å²) in [5.74, 6) is 1.07. The summed E-state index contributed by atoms with van der Waals surface area (Å²) in [7, 11) is 0. The van der Waals surface area contributed by atoms with Gasteiger partial charge in [0.25, 0.3) is 5.91 Å². The van der Waals surface area contributed by atoms with Crippen molar-refractivity contribution < 1.29 is 14.7 Å². The fourth-order valence-electron chi connectivity index (χ4n) is 2.99. The SMILES string of the molecule is O=C(NCN(O)C=Nc1ccc(Oc2ccncc2)cc1)c1cccc2ccccc12. The molecule has 2 N–H and O–H groups in total. The summed E-state index contributed by atoms with van der Waals surface area (Å²) in [6.45, 7) is -0.102. The second-order valence-corrected chi connectivity index (χ2v) is 6.65. The van der Waals surface area contributed by atoms with E-state index < -0.39 is 0 Å². The number of carbonyl (C=O) groups is 1. The smallest absolute Gasteiger partial charge is 0.253 e. The molecule has 31 heavy (non-hydrogen) atoms. The summed E-state index contributed by atoms with van der Waals surface area (Å²) >= 11 is 0. The van der Waals surface area contributed by atoms with Crippen LogP contribution >= 0.6 is 0 Å². The van der Waals surface area contributed by atoms with Gasteiger partial charge < -0.3 is 10.1 Å². The molecule has 0 unspecified atom stereocenters. The lowest BCUT2D eigenvalue weighted by Gasteiger charge is -2.13. The van der Waals surface area contributed by atoms with Crippen LogP contribution in [0, 0.1) is 0 Å². The highest BCUT2D eigenvalue weighted by Gasteiger charge is 2.09. The first-order valence-corrected chi connectivity index (χ1v) is 9.63. The molecule has 7 nitrogen and oxygen atoms in total. The van der Waals surface area contributed by atoms with Gasteiger partial charge in [0.1, 0.15) is 24.5 Å².